The van der Waals surface area contributed by atoms with Gasteiger partial charge in [-0.25, -0.2) is 9.97 Å². The lowest BCUT2D eigenvalue weighted by atomic mass is 10.3. The first-order valence-corrected chi connectivity index (χ1v) is 6.96. The molecular formula is C13H10N2OS2. The smallest absolute Gasteiger partial charge is 0.178 e. The summed E-state index contributed by atoms with van der Waals surface area (Å²) in [7, 11) is 0. The Bertz CT molecular complexity index is 566. The van der Waals surface area contributed by atoms with E-state index in [0.717, 1.165) is 10.0 Å². The van der Waals surface area contributed by atoms with Crippen LogP contribution in [0.3, 0.4) is 0 Å². The highest BCUT2D eigenvalue weighted by Gasteiger charge is 1.90. The third-order valence-electron chi connectivity index (χ3n) is 1.90. The molecule has 3 nitrogen and oxygen atoms in total. The van der Waals surface area contributed by atoms with E-state index in [1.54, 1.807) is 42.0 Å². The van der Waals surface area contributed by atoms with Crippen molar-refractivity contribution in [1.82, 2.24) is 9.97 Å². The third kappa shape index (κ3) is 4.20. The van der Waals surface area contributed by atoms with Crippen molar-refractivity contribution in [2.75, 3.05) is 0 Å². The van der Waals surface area contributed by atoms with Crippen LogP contribution in [0.25, 0.3) is 12.2 Å². The summed E-state index contributed by atoms with van der Waals surface area (Å²) in [6.07, 6.45) is 13.5. The van der Waals surface area contributed by atoms with Gasteiger partial charge in [0.15, 0.2) is 5.78 Å². The molecule has 18 heavy (non-hydrogen) atoms. The van der Waals surface area contributed by atoms with E-state index < -0.39 is 0 Å². The highest BCUT2D eigenvalue weighted by molar-refractivity contribution is 7.10. The average Bonchev–Trinajstić information content (AvgIpc) is 3.04. The minimum Gasteiger partial charge on any atom is -0.290 e. The first-order chi connectivity index (χ1) is 8.84. The number of aromatic nitrogens is 2. The van der Waals surface area contributed by atoms with Crippen LogP contribution in [-0.2, 0) is 4.79 Å². The van der Waals surface area contributed by atoms with Gasteiger partial charge in [0.05, 0.1) is 0 Å². The molecule has 0 saturated carbocycles. The molecule has 0 radical (unpaired) electrons. The van der Waals surface area contributed by atoms with Crippen molar-refractivity contribution in [2.45, 2.75) is 0 Å². The second kappa shape index (κ2) is 6.78. The molecule has 0 atom stereocenters. The molecule has 0 fully saturated rings. The van der Waals surface area contributed by atoms with Crippen molar-refractivity contribution in [3.8, 4) is 0 Å². The number of hydrogen-bond acceptors (Lipinski definition) is 5. The molecule has 0 amide bonds. The Balaban J connectivity index is 1.84. The summed E-state index contributed by atoms with van der Waals surface area (Å²) in [6, 6.07) is 0. The fourth-order valence-electron chi connectivity index (χ4n) is 1.13. The van der Waals surface area contributed by atoms with E-state index in [4.69, 9.17) is 0 Å². The number of carbonyl (C=O) groups is 1. The van der Waals surface area contributed by atoms with Gasteiger partial charge < -0.3 is 0 Å². The number of nitrogens with zero attached hydrogens (tertiary/aromatic N) is 2. The Morgan fingerprint density at radius 2 is 1.61 bits per heavy atom. The van der Waals surface area contributed by atoms with Crippen LogP contribution in [0.2, 0.25) is 0 Å². The molecule has 2 rings (SSSR count). The predicted octanol–water partition coefficient (Wildman–Crippen LogP) is 3.45. The minimum absolute atomic E-state index is 0.0611. The highest BCUT2D eigenvalue weighted by atomic mass is 32.1. The van der Waals surface area contributed by atoms with Gasteiger partial charge in [0.25, 0.3) is 0 Å². The third-order valence-corrected chi connectivity index (χ3v) is 3.38. The summed E-state index contributed by atoms with van der Waals surface area (Å²) in [6.45, 7) is 0. The van der Waals surface area contributed by atoms with Crippen LogP contribution in [0.4, 0.5) is 0 Å². The molecule has 0 aromatic carbocycles. The molecule has 0 aliphatic rings. The fraction of sp³-hybridized carbons (Fsp3) is 0. The zero-order valence-corrected chi connectivity index (χ0v) is 11.0. The molecule has 2 heterocycles. The summed E-state index contributed by atoms with van der Waals surface area (Å²) in [4.78, 5) is 19.6. The molecule has 2 aromatic rings. The lowest BCUT2D eigenvalue weighted by Crippen LogP contribution is -1.83. The summed E-state index contributed by atoms with van der Waals surface area (Å²) in [5.41, 5.74) is 0. The number of hydrogen-bond donors (Lipinski definition) is 0. The number of carbonyl (C=O) groups excluding carboxylic acids is 1. The maximum Gasteiger partial charge on any atom is 0.178 e. The van der Waals surface area contributed by atoms with Gasteiger partial charge in [-0.05, 0) is 24.3 Å². The van der Waals surface area contributed by atoms with Crippen molar-refractivity contribution in [1.29, 1.82) is 0 Å². The van der Waals surface area contributed by atoms with E-state index in [1.807, 2.05) is 16.8 Å². The van der Waals surface area contributed by atoms with Crippen molar-refractivity contribution in [3.63, 3.8) is 0 Å². The molecule has 0 saturated heterocycles. The molecule has 0 spiro atoms. The Morgan fingerprint density at radius 1 is 0.944 bits per heavy atom. The van der Waals surface area contributed by atoms with Crippen LogP contribution < -0.4 is 0 Å². The molecule has 0 N–H and O–H groups in total. The highest BCUT2D eigenvalue weighted by Crippen LogP contribution is 2.06. The Labute approximate surface area is 113 Å². The number of rotatable bonds is 5. The van der Waals surface area contributed by atoms with Crippen molar-refractivity contribution < 1.29 is 4.79 Å². The first kappa shape index (κ1) is 12.6. The van der Waals surface area contributed by atoms with Crippen molar-refractivity contribution in [3.05, 3.63) is 57.5 Å². The summed E-state index contributed by atoms with van der Waals surface area (Å²) in [5.74, 6) is -0.0611. The largest absolute Gasteiger partial charge is 0.290 e. The van der Waals surface area contributed by atoms with Gasteiger partial charge in [-0.15, -0.1) is 22.7 Å². The second-order valence-electron chi connectivity index (χ2n) is 3.19. The zero-order chi connectivity index (χ0) is 12.6. The maximum atomic E-state index is 11.5. The molecule has 5 heteroatoms. The standard InChI is InChI=1S/C13H10N2OS2/c16-11(5-6-13-15-8-10-18-13)3-1-2-4-12-14-7-9-17-12/h1-10H/b3-1+,4-2+,6-5+. The van der Waals surface area contributed by atoms with Gasteiger partial charge >= 0.3 is 0 Å². The normalized spacial score (nSPS) is 12.0. The van der Waals surface area contributed by atoms with Gasteiger partial charge in [0.1, 0.15) is 10.0 Å². The molecule has 2 aromatic heterocycles. The Morgan fingerprint density at radius 3 is 2.22 bits per heavy atom. The minimum atomic E-state index is -0.0611. The number of thiazole rings is 2. The van der Waals surface area contributed by atoms with Gasteiger partial charge in [-0.2, -0.15) is 0 Å². The SMILES string of the molecule is O=C(/C=C/C=C/c1nccs1)/C=C/c1nccs1. The van der Waals surface area contributed by atoms with Crippen molar-refractivity contribution in [2.24, 2.45) is 0 Å². The van der Waals surface area contributed by atoms with Gasteiger partial charge in [0, 0.05) is 23.2 Å². The molecule has 0 aliphatic heterocycles. The summed E-state index contributed by atoms with van der Waals surface area (Å²) in [5, 5.41) is 5.53. The van der Waals surface area contributed by atoms with Crippen LogP contribution >= 0.6 is 22.7 Å². The lowest BCUT2D eigenvalue weighted by Gasteiger charge is -1.82. The van der Waals surface area contributed by atoms with E-state index in [2.05, 4.69) is 9.97 Å². The fourth-order valence-corrected chi connectivity index (χ4v) is 2.20. The first-order valence-electron chi connectivity index (χ1n) is 5.20. The van der Waals surface area contributed by atoms with Crippen molar-refractivity contribution >= 4 is 40.6 Å². The second-order valence-corrected chi connectivity index (χ2v) is 5.05. The summed E-state index contributed by atoms with van der Waals surface area (Å²) >= 11 is 3.05. The van der Waals surface area contributed by atoms with Crippen LogP contribution in [0, 0.1) is 0 Å². The Hall–Kier alpha value is -1.85. The Kier molecular flexibility index (Phi) is 4.75. The van der Waals surface area contributed by atoms with Gasteiger partial charge in [-0.1, -0.05) is 12.2 Å². The molecule has 0 aliphatic carbocycles. The van der Waals surface area contributed by atoms with E-state index in [0.29, 0.717) is 0 Å². The monoisotopic (exact) mass is 274 g/mol. The average molecular weight is 274 g/mol. The topological polar surface area (TPSA) is 42.9 Å². The molecule has 0 unspecified atom stereocenters. The molecule has 0 bridgehead atoms. The van der Waals surface area contributed by atoms with E-state index in [9.17, 15) is 4.79 Å². The molecular weight excluding hydrogens is 264 g/mol. The number of allylic oxidation sites excluding steroid dienone is 4. The zero-order valence-electron chi connectivity index (χ0n) is 9.39. The van der Waals surface area contributed by atoms with E-state index in [1.165, 1.54) is 23.5 Å². The predicted molar refractivity (Wildman–Crippen MR) is 76.4 cm³/mol. The van der Waals surface area contributed by atoms with Gasteiger partial charge in [-0.3, -0.25) is 4.79 Å². The maximum absolute atomic E-state index is 11.5. The van der Waals surface area contributed by atoms with Crippen LogP contribution in [0.5, 0.6) is 0 Å². The van der Waals surface area contributed by atoms with Gasteiger partial charge in [0.2, 0.25) is 0 Å². The molecule has 90 valence electrons. The van der Waals surface area contributed by atoms with Crippen LogP contribution in [-0.4, -0.2) is 15.8 Å². The number of ketones is 1. The van der Waals surface area contributed by atoms with Crippen LogP contribution in [0.15, 0.2) is 47.5 Å². The summed E-state index contributed by atoms with van der Waals surface area (Å²) < 4.78 is 0. The van der Waals surface area contributed by atoms with E-state index >= 15 is 0 Å². The van der Waals surface area contributed by atoms with Crippen LogP contribution in [0.1, 0.15) is 10.0 Å². The van der Waals surface area contributed by atoms with E-state index in [-0.39, 0.29) is 5.78 Å². The quantitative estimate of drug-likeness (QED) is 0.619. The lowest BCUT2D eigenvalue weighted by molar-refractivity contribution is -0.110.